The van der Waals surface area contributed by atoms with Gasteiger partial charge in [0.05, 0.1) is 12.5 Å². The molecule has 4 atom stereocenters. The molecular weight excluding hydrogens is 458 g/mol. The average Bonchev–Trinajstić information content (AvgIpc) is 2.71. The van der Waals surface area contributed by atoms with Crippen molar-refractivity contribution in [3.8, 4) is 0 Å². The van der Waals surface area contributed by atoms with Gasteiger partial charge in [-0.25, -0.2) is 4.79 Å². The van der Waals surface area contributed by atoms with Gasteiger partial charge in [0, 0.05) is 12.8 Å². The third kappa shape index (κ3) is 11.8. The van der Waals surface area contributed by atoms with Crippen LogP contribution in [0.25, 0.3) is 0 Å². The van der Waals surface area contributed by atoms with E-state index in [2.05, 4.69) is 10.6 Å². The number of nitrogens with one attached hydrogen (secondary N) is 3. The molecule has 0 aliphatic heterocycles. The molecule has 0 aromatic rings. The smallest absolute Gasteiger partial charge is 0.326 e. The van der Waals surface area contributed by atoms with Crippen molar-refractivity contribution in [1.82, 2.24) is 16.0 Å². The maximum absolute atomic E-state index is 12.8. The fourth-order valence-electron chi connectivity index (χ4n) is 2.59. The topological polar surface area (TPSA) is 268 Å². The fraction of sp³-hybridized carbons (Fsp3) is 0.632. The maximum Gasteiger partial charge on any atom is 0.326 e. The zero-order chi connectivity index (χ0) is 26.6. The third-order valence-corrected chi connectivity index (χ3v) is 4.60. The number of rotatable bonds is 16. The number of aliphatic carboxylic acids is 3. The summed E-state index contributed by atoms with van der Waals surface area (Å²) in [5.41, 5.74) is 10.7. The van der Waals surface area contributed by atoms with E-state index < -0.39 is 91.4 Å². The molecular formula is C19H31N5O10. The first-order valence-corrected chi connectivity index (χ1v) is 10.3. The van der Waals surface area contributed by atoms with Crippen molar-refractivity contribution < 1.29 is 48.9 Å². The fourth-order valence-corrected chi connectivity index (χ4v) is 2.59. The van der Waals surface area contributed by atoms with Crippen molar-refractivity contribution in [2.24, 2.45) is 17.4 Å². The van der Waals surface area contributed by atoms with Crippen molar-refractivity contribution in [2.45, 2.75) is 70.1 Å². The van der Waals surface area contributed by atoms with Crippen LogP contribution in [-0.2, 0) is 33.6 Å². The standard InChI is InChI=1S/C19H31N5O10/c1-8(2)15(21)18(32)23-10(4-6-14(28)29)16(30)22-9(3-5-13(26)27)17(31)24-11(19(33)34)7-12(20)25/h8-11,15H,3-7,21H2,1-2H3,(H2,20,25)(H,22,30)(H,23,32)(H,24,31)(H,26,27)(H,28,29)(H,33,34). The van der Waals surface area contributed by atoms with E-state index in [1.807, 2.05) is 5.32 Å². The Labute approximate surface area is 194 Å². The summed E-state index contributed by atoms with van der Waals surface area (Å²) < 4.78 is 0. The van der Waals surface area contributed by atoms with Gasteiger partial charge >= 0.3 is 17.9 Å². The number of hydrogen-bond donors (Lipinski definition) is 8. The Kier molecular flexibility index (Phi) is 12.8. The molecule has 15 nitrogen and oxygen atoms in total. The van der Waals surface area contributed by atoms with Crippen molar-refractivity contribution >= 4 is 41.5 Å². The largest absolute Gasteiger partial charge is 0.481 e. The molecule has 4 amide bonds. The van der Waals surface area contributed by atoms with Gasteiger partial charge in [0.15, 0.2) is 0 Å². The molecule has 0 aromatic heterocycles. The van der Waals surface area contributed by atoms with E-state index in [1.165, 1.54) is 0 Å². The van der Waals surface area contributed by atoms with Gasteiger partial charge in [-0.3, -0.25) is 28.8 Å². The third-order valence-electron chi connectivity index (χ3n) is 4.60. The van der Waals surface area contributed by atoms with Crippen molar-refractivity contribution in [3.05, 3.63) is 0 Å². The molecule has 0 aliphatic rings. The van der Waals surface area contributed by atoms with Crippen LogP contribution in [-0.4, -0.2) is 81.0 Å². The zero-order valence-electron chi connectivity index (χ0n) is 18.8. The zero-order valence-corrected chi connectivity index (χ0v) is 18.8. The van der Waals surface area contributed by atoms with Gasteiger partial charge < -0.3 is 42.7 Å². The van der Waals surface area contributed by atoms with Gasteiger partial charge in [-0.2, -0.15) is 0 Å². The van der Waals surface area contributed by atoms with Crippen LogP contribution in [0.3, 0.4) is 0 Å². The van der Waals surface area contributed by atoms with Crippen LogP contribution in [0.5, 0.6) is 0 Å². The normalized spacial score (nSPS) is 14.2. The Morgan fingerprint density at radius 1 is 0.706 bits per heavy atom. The molecule has 0 spiro atoms. The minimum Gasteiger partial charge on any atom is -0.481 e. The van der Waals surface area contributed by atoms with E-state index >= 15 is 0 Å². The van der Waals surface area contributed by atoms with Crippen molar-refractivity contribution in [2.75, 3.05) is 0 Å². The lowest BCUT2D eigenvalue weighted by molar-refractivity contribution is -0.144. The Bertz CT molecular complexity index is 800. The van der Waals surface area contributed by atoms with Gasteiger partial charge in [-0.1, -0.05) is 13.8 Å². The van der Waals surface area contributed by atoms with E-state index in [0.717, 1.165) is 0 Å². The summed E-state index contributed by atoms with van der Waals surface area (Å²) in [6.45, 7) is 3.29. The van der Waals surface area contributed by atoms with Crippen LogP contribution in [0, 0.1) is 5.92 Å². The van der Waals surface area contributed by atoms with Crippen LogP contribution < -0.4 is 27.4 Å². The van der Waals surface area contributed by atoms with Crippen LogP contribution in [0.15, 0.2) is 0 Å². The minimum atomic E-state index is -1.74. The summed E-state index contributed by atoms with van der Waals surface area (Å²) >= 11 is 0. The van der Waals surface area contributed by atoms with E-state index in [9.17, 15) is 33.6 Å². The summed E-state index contributed by atoms with van der Waals surface area (Å²) in [6, 6.07) is -5.77. The molecule has 0 rings (SSSR count). The summed E-state index contributed by atoms with van der Waals surface area (Å²) in [7, 11) is 0. The number of carbonyl (C=O) groups excluding carboxylic acids is 4. The number of hydrogen-bond acceptors (Lipinski definition) is 8. The maximum atomic E-state index is 12.8. The summed E-state index contributed by atoms with van der Waals surface area (Å²) in [5.74, 6) is -8.41. The Morgan fingerprint density at radius 3 is 1.41 bits per heavy atom. The molecule has 34 heavy (non-hydrogen) atoms. The highest BCUT2D eigenvalue weighted by Crippen LogP contribution is 2.06. The predicted molar refractivity (Wildman–Crippen MR) is 114 cm³/mol. The van der Waals surface area contributed by atoms with Crippen molar-refractivity contribution in [1.29, 1.82) is 0 Å². The number of primary amides is 1. The highest BCUT2D eigenvalue weighted by Gasteiger charge is 2.31. The number of nitrogens with two attached hydrogens (primary N) is 2. The molecule has 15 heteroatoms. The van der Waals surface area contributed by atoms with E-state index in [4.69, 9.17) is 26.8 Å². The van der Waals surface area contributed by atoms with Crippen LogP contribution >= 0.6 is 0 Å². The molecule has 192 valence electrons. The lowest BCUT2D eigenvalue weighted by Gasteiger charge is -2.25. The quantitative estimate of drug-likeness (QED) is 0.109. The highest BCUT2D eigenvalue weighted by atomic mass is 16.4. The van der Waals surface area contributed by atoms with E-state index in [0.29, 0.717) is 0 Å². The molecule has 0 radical (unpaired) electrons. The number of carboxylic acid groups (broad SMARTS) is 3. The Morgan fingerprint density at radius 2 is 1.09 bits per heavy atom. The first-order chi connectivity index (χ1) is 15.6. The van der Waals surface area contributed by atoms with E-state index in [-0.39, 0.29) is 12.3 Å². The van der Waals surface area contributed by atoms with Gasteiger partial charge in [0.1, 0.15) is 18.1 Å². The Hall–Kier alpha value is -3.75. The molecule has 0 saturated carbocycles. The molecule has 10 N–H and O–H groups in total. The lowest BCUT2D eigenvalue weighted by Crippen LogP contribution is -2.57. The molecule has 0 heterocycles. The first-order valence-electron chi connectivity index (χ1n) is 10.3. The highest BCUT2D eigenvalue weighted by molar-refractivity contribution is 5.95. The van der Waals surface area contributed by atoms with Crippen LogP contribution in [0.1, 0.15) is 46.0 Å². The van der Waals surface area contributed by atoms with Crippen molar-refractivity contribution in [3.63, 3.8) is 0 Å². The Balaban J connectivity index is 5.66. The van der Waals surface area contributed by atoms with Gasteiger partial charge in [-0.05, 0) is 18.8 Å². The predicted octanol–water partition coefficient (Wildman–Crippen LogP) is -2.89. The molecule has 4 unspecified atom stereocenters. The molecule has 0 bridgehead atoms. The minimum absolute atomic E-state index is 0.310. The SMILES string of the molecule is CC(C)C(N)C(=O)NC(CCC(=O)O)C(=O)NC(CCC(=O)O)C(=O)NC(CC(N)=O)C(=O)O. The number of amides is 4. The van der Waals surface area contributed by atoms with Crippen LogP contribution in [0.4, 0.5) is 0 Å². The second-order valence-electron chi connectivity index (χ2n) is 7.83. The monoisotopic (exact) mass is 489 g/mol. The molecule has 0 aliphatic carbocycles. The number of carbonyl (C=O) groups is 7. The van der Waals surface area contributed by atoms with E-state index in [1.54, 1.807) is 13.8 Å². The van der Waals surface area contributed by atoms with Crippen LogP contribution in [0.2, 0.25) is 0 Å². The number of carboxylic acids is 3. The summed E-state index contributed by atoms with van der Waals surface area (Å²) in [5, 5.41) is 33.5. The average molecular weight is 489 g/mol. The second kappa shape index (κ2) is 14.4. The first kappa shape index (κ1) is 30.2. The molecule has 0 fully saturated rings. The lowest BCUT2D eigenvalue weighted by atomic mass is 10.0. The second-order valence-corrected chi connectivity index (χ2v) is 7.83. The van der Waals surface area contributed by atoms with Gasteiger partial charge in [0.2, 0.25) is 23.6 Å². The molecule has 0 aromatic carbocycles. The van der Waals surface area contributed by atoms with Gasteiger partial charge in [-0.15, -0.1) is 0 Å². The summed E-state index contributed by atoms with van der Waals surface area (Å²) in [4.78, 5) is 81.8. The molecule has 0 saturated heterocycles. The van der Waals surface area contributed by atoms with Gasteiger partial charge in [0.25, 0.3) is 0 Å². The summed E-state index contributed by atoms with van der Waals surface area (Å²) in [6.07, 6.45) is -2.73.